The number of carbonyl (C=O) groups is 2. The maximum Gasteiger partial charge on any atom is 0.349 e. The van der Waals surface area contributed by atoms with E-state index in [1.54, 1.807) is 24.3 Å². The summed E-state index contributed by atoms with van der Waals surface area (Å²) in [7, 11) is 1.82. The fraction of sp³-hybridized carbons (Fsp3) is 0.500. The molecule has 6 nitrogen and oxygen atoms in total. The van der Waals surface area contributed by atoms with Crippen LogP contribution in [0.15, 0.2) is 35.0 Å². The Balaban J connectivity index is 1.54. The number of nitrogens with zero attached hydrogens (tertiary/aromatic N) is 1. The molecule has 0 aromatic carbocycles. The topological polar surface area (TPSA) is 87.1 Å². The lowest BCUT2D eigenvalue weighted by molar-refractivity contribution is -0.170. The average molecular weight is 422 g/mol. The second-order valence-corrected chi connectivity index (χ2v) is 9.54. The third-order valence-electron chi connectivity index (χ3n) is 6.01. The molecule has 150 valence electrons. The summed E-state index contributed by atoms with van der Waals surface area (Å²) in [6, 6.07) is 7.21. The number of hydrogen-bond donors (Lipinski definition) is 2. The van der Waals surface area contributed by atoms with Crippen LogP contribution < -0.4 is 0 Å². The minimum atomic E-state index is -1.80. The Morgan fingerprint density at radius 1 is 1.21 bits per heavy atom. The fourth-order valence-electron chi connectivity index (χ4n) is 4.89. The van der Waals surface area contributed by atoms with Gasteiger partial charge in [0.25, 0.3) is 0 Å². The Morgan fingerprint density at radius 3 is 2.39 bits per heavy atom. The Kier molecular flexibility index (Phi) is 5.30. The quantitative estimate of drug-likeness (QED) is 0.669. The number of aliphatic carboxylic acids is 1. The van der Waals surface area contributed by atoms with Crippen molar-refractivity contribution in [1.82, 2.24) is 4.90 Å². The van der Waals surface area contributed by atoms with Crippen LogP contribution in [0.4, 0.5) is 0 Å². The molecule has 8 heteroatoms. The van der Waals surface area contributed by atoms with Gasteiger partial charge in [0.2, 0.25) is 5.60 Å². The molecule has 2 heterocycles. The molecule has 4 atom stereocenters. The van der Waals surface area contributed by atoms with Crippen LogP contribution in [-0.2, 0) is 19.9 Å². The van der Waals surface area contributed by atoms with Crippen LogP contribution in [-0.4, -0.2) is 52.8 Å². The summed E-state index contributed by atoms with van der Waals surface area (Å²) in [6.45, 7) is -0.0212. The molecule has 0 radical (unpaired) electrons. The zero-order chi connectivity index (χ0) is 19.9. The number of hydrogen-bond acceptors (Lipinski definition) is 7. The Bertz CT molecular complexity index is 801. The van der Waals surface area contributed by atoms with Crippen molar-refractivity contribution in [2.75, 3.05) is 13.6 Å². The van der Waals surface area contributed by atoms with Crippen molar-refractivity contribution < 1.29 is 24.5 Å². The van der Waals surface area contributed by atoms with Gasteiger partial charge in [0.15, 0.2) is 0 Å². The fourth-order valence-corrected chi connectivity index (χ4v) is 6.60. The van der Waals surface area contributed by atoms with Crippen molar-refractivity contribution in [1.29, 1.82) is 0 Å². The first-order valence-corrected chi connectivity index (χ1v) is 11.1. The number of ether oxygens (including phenoxy) is 1. The molecule has 0 spiro atoms. The second-order valence-electron chi connectivity index (χ2n) is 7.65. The molecule has 2 saturated carbocycles. The zero-order valence-electron chi connectivity index (χ0n) is 15.5. The van der Waals surface area contributed by atoms with E-state index < -0.39 is 17.5 Å². The van der Waals surface area contributed by atoms with Crippen molar-refractivity contribution in [3.8, 4) is 0 Å². The lowest BCUT2D eigenvalue weighted by atomic mass is 9.96. The Labute approximate surface area is 171 Å². The van der Waals surface area contributed by atoms with E-state index >= 15 is 0 Å². The van der Waals surface area contributed by atoms with Gasteiger partial charge in [-0.05, 0) is 55.1 Å². The summed E-state index contributed by atoms with van der Waals surface area (Å²) in [5.74, 6) is -1.07. The molecule has 2 aromatic rings. The highest BCUT2D eigenvalue weighted by atomic mass is 32.1. The Morgan fingerprint density at radius 2 is 1.86 bits per heavy atom. The first-order chi connectivity index (χ1) is 13.4. The molecule has 2 aliphatic rings. The predicted molar refractivity (Wildman–Crippen MR) is 106 cm³/mol. The van der Waals surface area contributed by atoms with E-state index in [0.717, 1.165) is 19.3 Å². The molecule has 4 rings (SSSR count). The van der Waals surface area contributed by atoms with Gasteiger partial charge in [-0.3, -0.25) is 9.69 Å². The third kappa shape index (κ3) is 3.28. The molecule has 2 bridgehead atoms. The van der Waals surface area contributed by atoms with Gasteiger partial charge in [0.1, 0.15) is 6.10 Å². The predicted octanol–water partition coefficient (Wildman–Crippen LogP) is 2.77. The van der Waals surface area contributed by atoms with Crippen LogP contribution in [0, 0.1) is 11.8 Å². The lowest BCUT2D eigenvalue weighted by Crippen LogP contribution is -2.43. The van der Waals surface area contributed by atoms with Crippen LogP contribution in [0.1, 0.15) is 29.0 Å². The van der Waals surface area contributed by atoms with Crippen molar-refractivity contribution in [3.63, 3.8) is 0 Å². The normalized spacial score (nSPS) is 26.7. The van der Waals surface area contributed by atoms with Crippen molar-refractivity contribution >= 4 is 34.6 Å². The monoisotopic (exact) mass is 421 g/mol. The summed E-state index contributed by atoms with van der Waals surface area (Å²) >= 11 is 2.65. The maximum absolute atomic E-state index is 13.2. The first kappa shape index (κ1) is 19.6. The Hall–Kier alpha value is -1.74. The smallest absolute Gasteiger partial charge is 0.349 e. The number of thiophene rings is 2. The highest BCUT2D eigenvalue weighted by Crippen LogP contribution is 2.49. The molecule has 2 aromatic heterocycles. The number of aliphatic hydroxyl groups is 1. The van der Waals surface area contributed by atoms with E-state index in [1.165, 1.54) is 22.7 Å². The summed E-state index contributed by atoms with van der Waals surface area (Å²) in [6.07, 6.45) is 2.36. The van der Waals surface area contributed by atoms with E-state index in [4.69, 9.17) is 9.84 Å². The van der Waals surface area contributed by atoms with Crippen LogP contribution in [0.2, 0.25) is 0 Å². The van der Waals surface area contributed by atoms with Crippen LogP contribution in [0.5, 0.6) is 0 Å². The van der Waals surface area contributed by atoms with Gasteiger partial charge in [-0.2, -0.15) is 0 Å². The highest BCUT2D eigenvalue weighted by molar-refractivity contribution is 7.12. The van der Waals surface area contributed by atoms with E-state index in [1.807, 2.05) is 22.7 Å². The average Bonchev–Trinajstić information content (AvgIpc) is 3.44. The van der Waals surface area contributed by atoms with Gasteiger partial charge >= 0.3 is 11.9 Å². The summed E-state index contributed by atoms with van der Waals surface area (Å²) < 4.78 is 5.89. The zero-order valence-corrected chi connectivity index (χ0v) is 17.1. The summed E-state index contributed by atoms with van der Waals surface area (Å²) in [5.41, 5.74) is -1.80. The van der Waals surface area contributed by atoms with Crippen molar-refractivity contribution in [3.05, 3.63) is 44.8 Å². The standard InChI is InChI=1S/C20H23NO5S2/c1-21(11-17(22)23)18-12-6-7-13(18)14(10-12)26-19(24)20(25,15-4-2-8-27-15)16-5-3-9-28-16/h2-5,8-9,12-14,18,25H,6-7,10-11H2,1H3,(H,22,23)/t12?,13-,14-,18?/m1/s1. The minimum absolute atomic E-state index is 0.0212. The molecule has 0 amide bonds. The molecular formula is C20H23NO5S2. The number of fused-ring (bicyclic) bond motifs is 2. The second kappa shape index (κ2) is 7.59. The largest absolute Gasteiger partial charge is 0.480 e. The molecule has 0 aliphatic heterocycles. The molecule has 2 N–H and O–H groups in total. The number of carboxylic acid groups (broad SMARTS) is 1. The summed E-state index contributed by atoms with van der Waals surface area (Å²) in [4.78, 5) is 27.2. The number of rotatable bonds is 7. The summed E-state index contributed by atoms with van der Waals surface area (Å²) in [5, 5.41) is 24.1. The van der Waals surface area contributed by atoms with Gasteiger partial charge < -0.3 is 14.9 Å². The minimum Gasteiger partial charge on any atom is -0.480 e. The van der Waals surface area contributed by atoms with Crippen molar-refractivity contribution in [2.45, 2.75) is 37.0 Å². The molecule has 2 unspecified atom stereocenters. The van der Waals surface area contributed by atoms with Gasteiger partial charge in [0, 0.05) is 12.0 Å². The van der Waals surface area contributed by atoms with Gasteiger partial charge in [-0.15, -0.1) is 22.7 Å². The van der Waals surface area contributed by atoms with E-state index in [-0.39, 0.29) is 24.6 Å². The van der Waals surface area contributed by atoms with Gasteiger partial charge in [-0.1, -0.05) is 12.1 Å². The van der Waals surface area contributed by atoms with E-state index in [9.17, 15) is 14.7 Å². The number of likely N-dealkylation sites (N-methyl/N-ethyl adjacent to an activating group) is 1. The highest BCUT2D eigenvalue weighted by Gasteiger charge is 2.53. The molecule has 2 fully saturated rings. The number of carbonyl (C=O) groups excluding carboxylic acids is 1. The molecule has 0 saturated heterocycles. The molecular weight excluding hydrogens is 398 g/mol. The number of carboxylic acids is 1. The van der Waals surface area contributed by atoms with E-state index in [0.29, 0.717) is 15.7 Å². The van der Waals surface area contributed by atoms with Crippen LogP contribution >= 0.6 is 22.7 Å². The molecule has 28 heavy (non-hydrogen) atoms. The first-order valence-electron chi connectivity index (χ1n) is 9.34. The van der Waals surface area contributed by atoms with E-state index in [2.05, 4.69) is 0 Å². The van der Waals surface area contributed by atoms with Gasteiger partial charge in [0.05, 0.1) is 16.3 Å². The maximum atomic E-state index is 13.2. The lowest BCUT2D eigenvalue weighted by Gasteiger charge is -2.30. The van der Waals surface area contributed by atoms with Crippen molar-refractivity contribution in [2.24, 2.45) is 11.8 Å². The van der Waals surface area contributed by atoms with Crippen LogP contribution in [0.25, 0.3) is 0 Å². The molecule has 2 aliphatic carbocycles. The number of esters is 1. The SMILES string of the molecule is CN(CC(=O)O)C1C2CC[C@@H]1[C@H](OC(=O)C(O)(c1cccs1)c1cccs1)C2. The van der Waals surface area contributed by atoms with Crippen LogP contribution in [0.3, 0.4) is 0 Å². The van der Waals surface area contributed by atoms with Gasteiger partial charge in [-0.25, -0.2) is 4.79 Å². The third-order valence-corrected chi connectivity index (χ3v) is 7.97.